The van der Waals surface area contributed by atoms with Crippen LogP contribution in [0, 0.1) is 12.7 Å². The molecule has 1 aliphatic rings. The van der Waals surface area contributed by atoms with Crippen molar-refractivity contribution in [3.05, 3.63) is 53.1 Å². The van der Waals surface area contributed by atoms with Gasteiger partial charge in [0.1, 0.15) is 5.82 Å². The van der Waals surface area contributed by atoms with Gasteiger partial charge in [-0.1, -0.05) is 11.6 Å². The minimum atomic E-state index is -0.430. The fraction of sp³-hybridized carbons (Fsp3) is 0.333. The average Bonchev–Trinajstić information content (AvgIpc) is 2.84. The molecule has 25 heavy (non-hydrogen) atoms. The zero-order valence-corrected chi connectivity index (χ0v) is 14.8. The first-order valence-corrected chi connectivity index (χ1v) is 8.59. The van der Waals surface area contributed by atoms with Crippen LogP contribution in [0.1, 0.15) is 12.0 Å². The summed E-state index contributed by atoms with van der Waals surface area (Å²) in [6.45, 7) is 4.92. The highest BCUT2D eigenvalue weighted by Crippen LogP contribution is 2.23. The number of amides is 2. The van der Waals surface area contributed by atoms with Gasteiger partial charge in [-0.3, -0.25) is 4.98 Å². The van der Waals surface area contributed by atoms with Gasteiger partial charge in [-0.2, -0.15) is 0 Å². The molecule has 132 valence electrons. The summed E-state index contributed by atoms with van der Waals surface area (Å²) in [4.78, 5) is 20.7. The molecule has 1 saturated heterocycles. The maximum Gasteiger partial charge on any atom is 0.321 e. The molecule has 1 N–H and O–H groups in total. The van der Waals surface area contributed by atoms with E-state index in [2.05, 4.69) is 15.2 Å². The largest absolute Gasteiger partial charge is 0.369 e. The molecule has 3 rings (SSSR count). The zero-order valence-electron chi connectivity index (χ0n) is 14.0. The lowest BCUT2D eigenvalue weighted by Crippen LogP contribution is -2.38. The maximum absolute atomic E-state index is 13.1. The topological polar surface area (TPSA) is 48.5 Å². The predicted octanol–water partition coefficient (Wildman–Crippen LogP) is 3.93. The highest BCUT2D eigenvalue weighted by molar-refractivity contribution is 6.33. The number of hydrogen-bond acceptors (Lipinski definition) is 3. The first-order valence-electron chi connectivity index (χ1n) is 8.21. The molecule has 2 heterocycles. The summed E-state index contributed by atoms with van der Waals surface area (Å²) in [5.74, 6) is -0.430. The Bertz CT molecular complexity index is 770. The van der Waals surface area contributed by atoms with E-state index in [9.17, 15) is 9.18 Å². The van der Waals surface area contributed by atoms with Gasteiger partial charge in [-0.15, -0.1) is 0 Å². The molecule has 2 aromatic rings. The van der Waals surface area contributed by atoms with Crippen LogP contribution < -0.4 is 10.2 Å². The summed E-state index contributed by atoms with van der Waals surface area (Å²) in [6.07, 6.45) is 4.50. The number of nitrogens with zero attached hydrogens (tertiary/aromatic N) is 3. The van der Waals surface area contributed by atoms with Gasteiger partial charge >= 0.3 is 6.03 Å². The van der Waals surface area contributed by atoms with Crippen LogP contribution in [0.2, 0.25) is 5.02 Å². The number of halogens is 2. The van der Waals surface area contributed by atoms with Gasteiger partial charge in [-0.05, 0) is 43.2 Å². The average molecular weight is 363 g/mol. The van der Waals surface area contributed by atoms with Crippen LogP contribution in [-0.4, -0.2) is 42.1 Å². The number of rotatable bonds is 2. The van der Waals surface area contributed by atoms with Gasteiger partial charge in [0.25, 0.3) is 0 Å². The van der Waals surface area contributed by atoms with Crippen molar-refractivity contribution in [3.63, 3.8) is 0 Å². The number of aryl methyl sites for hydroxylation is 1. The molecule has 0 unspecified atom stereocenters. The Balaban J connectivity index is 1.64. The van der Waals surface area contributed by atoms with E-state index in [0.29, 0.717) is 18.8 Å². The molecule has 7 heteroatoms. The standard InChI is InChI=1S/C18H20ClFN4O/c1-13-12-21-6-5-17(13)23-7-2-8-24(10-9-23)18(25)22-16-4-3-14(20)11-15(16)19/h3-6,11-12H,2,7-10H2,1H3,(H,22,25). The van der Waals surface area contributed by atoms with Crippen molar-refractivity contribution in [2.75, 3.05) is 36.4 Å². The van der Waals surface area contributed by atoms with Crippen LogP contribution in [0.25, 0.3) is 0 Å². The Morgan fingerprint density at radius 1 is 1.24 bits per heavy atom. The second kappa shape index (κ2) is 7.70. The normalized spacial score (nSPS) is 15.0. The molecule has 2 amide bonds. The number of anilines is 2. The molecule has 5 nitrogen and oxygen atoms in total. The first kappa shape index (κ1) is 17.5. The molecule has 1 aromatic heterocycles. The van der Waals surface area contributed by atoms with Crippen molar-refractivity contribution in [2.45, 2.75) is 13.3 Å². The van der Waals surface area contributed by atoms with Crippen LogP contribution in [-0.2, 0) is 0 Å². The van der Waals surface area contributed by atoms with Gasteiger partial charge < -0.3 is 15.1 Å². The molecule has 0 bridgehead atoms. The lowest BCUT2D eigenvalue weighted by Gasteiger charge is -2.25. The van der Waals surface area contributed by atoms with Crippen molar-refractivity contribution >= 4 is 29.0 Å². The van der Waals surface area contributed by atoms with Crippen LogP contribution in [0.5, 0.6) is 0 Å². The summed E-state index contributed by atoms with van der Waals surface area (Å²) in [7, 11) is 0. The second-order valence-corrected chi connectivity index (χ2v) is 6.45. The number of urea groups is 1. The van der Waals surface area contributed by atoms with E-state index in [1.807, 2.05) is 19.2 Å². The van der Waals surface area contributed by atoms with Gasteiger partial charge in [0.15, 0.2) is 0 Å². The molecular formula is C18H20ClFN4O. The van der Waals surface area contributed by atoms with Gasteiger partial charge in [0.05, 0.1) is 10.7 Å². The Morgan fingerprint density at radius 2 is 2.08 bits per heavy atom. The predicted molar refractivity (Wildman–Crippen MR) is 97.8 cm³/mol. The Labute approximate surface area is 151 Å². The maximum atomic E-state index is 13.1. The minimum absolute atomic E-state index is 0.192. The molecule has 0 atom stereocenters. The zero-order chi connectivity index (χ0) is 17.8. The molecule has 0 saturated carbocycles. The monoisotopic (exact) mass is 362 g/mol. The summed E-state index contributed by atoms with van der Waals surface area (Å²) in [5.41, 5.74) is 2.69. The van der Waals surface area contributed by atoms with E-state index in [-0.39, 0.29) is 11.1 Å². The fourth-order valence-corrected chi connectivity index (χ4v) is 3.18. The number of carbonyl (C=O) groups is 1. The SMILES string of the molecule is Cc1cnccc1N1CCCN(C(=O)Nc2ccc(F)cc2Cl)CC1. The second-order valence-electron chi connectivity index (χ2n) is 6.04. The number of carbonyl (C=O) groups excluding carboxylic acids is 1. The molecule has 1 fully saturated rings. The number of pyridine rings is 1. The van der Waals surface area contributed by atoms with E-state index < -0.39 is 5.82 Å². The van der Waals surface area contributed by atoms with E-state index in [1.54, 1.807) is 11.1 Å². The van der Waals surface area contributed by atoms with E-state index in [4.69, 9.17) is 11.6 Å². The van der Waals surface area contributed by atoms with Crippen molar-refractivity contribution in [2.24, 2.45) is 0 Å². The molecular weight excluding hydrogens is 343 g/mol. The summed E-state index contributed by atoms with van der Waals surface area (Å²) < 4.78 is 13.1. The summed E-state index contributed by atoms with van der Waals surface area (Å²) >= 11 is 5.98. The van der Waals surface area contributed by atoms with Gasteiger partial charge in [-0.25, -0.2) is 9.18 Å². The summed E-state index contributed by atoms with van der Waals surface area (Å²) in [6, 6.07) is 5.72. The number of nitrogens with one attached hydrogen (secondary N) is 1. The highest BCUT2D eigenvalue weighted by atomic mass is 35.5. The Kier molecular flexibility index (Phi) is 5.38. The third-order valence-electron chi connectivity index (χ3n) is 4.29. The number of hydrogen-bond donors (Lipinski definition) is 1. The number of aromatic nitrogens is 1. The molecule has 1 aliphatic heterocycles. The van der Waals surface area contributed by atoms with E-state index >= 15 is 0 Å². The summed E-state index contributed by atoms with van der Waals surface area (Å²) in [5, 5.41) is 2.95. The Morgan fingerprint density at radius 3 is 2.84 bits per heavy atom. The fourth-order valence-electron chi connectivity index (χ4n) is 2.97. The Hall–Kier alpha value is -2.34. The van der Waals surface area contributed by atoms with Crippen molar-refractivity contribution in [3.8, 4) is 0 Å². The van der Waals surface area contributed by atoms with E-state index in [1.165, 1.54) is 18.2 Å². The van der Waals surface area contributed by atoms with Crippen molar-refractivity contribution < 1.29 is 9.18 Å². The van der Waals surface area contributed by atoms with Crippen molar-refractivity contribution in [1.82, 2.24) is 9.88 Å². The van der Waals surface area contributed by atoms with Gasteiger partial charge in [0, 0.05) is 44.3 Å². The van der Waals surface area contributed by atoms with Crippen LogP contribution >= 0.6 is 11.6 Å². The first-order chi connectivity index (χ1) is 12.0. The van der Waals surface area contributed by atoms with Crippen LogP contribution in [0.15, 0.2) is 36.7 Å². The third-order valence-corrected chi connectivity index (χ3v) is 4.60. The van der Waals surface area contributed by atoms with Gasteiger partial charge in [0.2, 0.25) is 0 Å². The van der Waals surface area contributed by atoms with Crippen molar-refractivity contribution in [1.29, 1.82) is 0 Å². The third kappa shape index (κ3) is 4.20. The molecule has 1 aromatic carbocycles. The quantitative estimate of drug-likeness (QED) is 0.880. The van der Waals surface area contributed by atoms with Crippen LogP contribution in [0.3, 0.4) is 0 Å². The number of benzene rings is 1. The van der Waals surface area contributed by atoms with Crippen LogP contribution in [0.4, 0.5) is 20.6 Å². The lowest BCUT2D eigenvalue weighted by atomic mass is 10.2. The lowest BCUT2D eigenvalue weighted by molar-refractivity contribution is 0.215. The molecule has 0 aliphatic carbocycles. The minimum Gasteiger partial charge on any atom is -0.369 e. The molecule has 0 spiro atoms. The molecule has 0 radical (unpaired) electrons. The highest BCUT2D eigenvalue weighted by Gasteiger charge is 2.20. The smallest absolute Gasteiger partial charge is 0.321 e. The van der Waals surface area contributed by atoms with E-state index in [0.717, 1.165) is 30.8 Å².